The lowest BCUT2D eigenvalue weighted by Gasteiger charge is -2.07. The van der Waals surface area contributed by atoms with E-state index in [1.807, 2.05) is 13.0 Å². The molecule has 0 aliphatic carbocycles. The van der Waals surface area contributed by atoms with E-state index in [-0.39, 0.29) is 5.82 Å². The van der Waals surface area contributed by atoms with Crippen LogP contribution in [0.3, 0.4) is 0 Å². The van der Waals surface area contributed by atoms with Crippen LogP contribution in [0.1, 0.15) is 12.5 Å². The van der Waals surface area contributed by atoms with Gasteiger partial charge in [0.25, 0.3) is 0 Å². The SMILES string of the molecule is CCNc1cc(NCCc2ccc(F)cc2)ncn1. The predicted molar refractivity (Wildman–Crippen MR) is 74.8 cm³/mol. The molecular weight excluding hydrogens is 243 g/mol. The standard InChI is InChI=1S/C14H17FN4/c1-2-16-13-9-14(19-10-18-13)17-8-7-11-3-5-12(15)6-4-11/h3-6,9-10H,2,7-8H2,1H3,(H2,16,17,18,19). The van der Waals surface area contributed by atoms with Gasteiger partial charge in [0.15, 0.2) is 0 Å². The second-order valence-corrected chi connectivity index (χ2v) is 4.12. The van der Waals surface area contributed by atoms with E-state index >= 15 is 0 Å². The highest BCUT2D eigenvalue weighted by molar-refractivity contribution is 5.46. The van der Waals surface area contributed by atoms with Crippen molar-refractivity contribution in [2.45, 2.75) is 13.3 Å². The van der Waals surface area contributed by atoms with Gasteiger partial charge in [-0.15, -0.1) is 0 Å². The van der Waals surface area contributed by atoms with Crippen LogP contribution in [-0.4, -0.2) is 23.1 Å². The van der Waals surface area contributed by atoms with Gasteiger partial charge in [0, 0.05) is 19.2 Å². The lowest BCUT2D eigenvalue weighted by Crippen LogP contribution is -2.07. The van der Waals surface area contributed by atoms with Crippen molar-refractivity contribution in [2.24, 2.45) is 0 Å². The molecule has 1 aromatic heterocycles. The molecule has 0 fully saturated rings. The molecule has 1 heterocycles. The Hall–Kier alpha value is -2.17. The molecule has 19 heavy (non-hydrogen) atoms. The van der Waals surface area contributed by atoms with Crippen molar-refractivity contribution in [1.82, 2.24) is 9.97 Å². The second-order valence-electron chi connectivity index (χ2n) is 4.12. The molecule has 4 nitrogen and oxygen atoms in total. The van der Waals surface area contributed by atoms with Gasteiger partial charge in [0.1, 0.15) is 23.8 Å². The molecule has 0 unspecified atom stereocenters. The number of nitrogens with zero attached hydrogens (tertiary/aromatic N) is 2. The van der Waals surface area contributed by atoms with Crippen molar-refractivity contribution in [1.29, 1.82) is 0 Å². The maximum Gasteiger partial charge on any atom is 0.131 e. The van der Waals surface area contributed by atoms with Crippen LogP contribution in [0.15, 0.2) is 36.7 Å². The maximum atomic E-state index is 12.8. The Balaban J connectivity index is 1.85. The van der Waals surface area contributed by atoms with E-state index in [4.69, 9.17) is 0 Å². The van der Waals surface area contributed by atoms with Crippen LogP contribution in [0.2, 0.25) is 0 Å². The number of hydrogen-bond acceptors (Lipinski definition) is 4. The molecule has 2 N–H and O–H groups in total. The number of anilines is 2. The fourth-order valence-electron chi connectivity index (χ4n) is 1.72. The van der Waals surface area contributed by atoms with Crippen molar-refractivity contribution in [3.63, 3.8) is 0 Å². The lowest BCUT2D eigenvalue weighted by atomic mass is 10.1. The molecule has 0 atom stereocenters. The summed E-state index contributed by atoms with van der Waals surface area (Å²) in [6, 6.07) is 8.41. The molecule has 100 valence electrons. The van der Waals surface area contributed by atoms with Crippen LogP contribution < -0.4 is 10.6 Å². The van der Waals surface area contributed by atoms with Crippen molar-refractivity contribution >= 4 is 11.6 Å². The van der Waals surface area contributed by atoms with E-state index < -0.39 is 0 Å². The molecule has 2 rings (SSSR count). The third-order valence-corrected chi connectivity index (χ3v) is 2.66. The molecule has 0 saturated heterocycles. The molecular formula is C14H17FN4. The molecule has 0 saturated carbocycles. The summed E-state index contributed by atoms with van der Waals surface area (Å²) in [6.45, 7) is 3.59. The molecule has 0 aliphatic heterocycles. The summed E-state index contributed by atoms with van der Waals surface area (Å²) in [5.41, 5.74) is 1.09. The van der Waals surface area contributed by atoms with E-state index in [1.54, 1.807) is 12.1 Å². The first-order valence-corrected chi connectivity index (χ1v) is 6.32. The predicted octanol–water partition coefficient (Wildman–Crippen LogP) is 2.70. The molecule has 0 spiro atoms. The number of hydrogen-bond donors (Lipinski definition) is 2. The van der Waals surface area contributed by atoms with Crippen molar-refractivity contribution in [3.05, 3.63) is 48.0 Å². The van der Waals surface area contributed by atoms with Crippen LogP contribution in [0.25, 0.3) is 0 Å². The number of aromatic nitrogens is 2. The van der Waals surface area contributed by atoms with Crippen LogP contribution in [0, 0.1) is 5.82 Å². The molecule has 1 aromatic carbocycles. The van der Waals surface area contributed by atoms with Gasteiger partial charge in [-0.25, -0.2) is 14.4 Å². The average Bonchev–Trinajstić information content (AvgIpc) is 2.42. The Morgan fingerprint density at radius 3 is 2.42 bits per heavy atom. The van der Waals surface area contributed by atoms with Crippen LogP contribution >= 0.6 is 0 Å². The first-order valence-electron chi connectivity index (χ1n) is 6.32. The third-order valence-electron chi connectivity index (χ3n) is 2.66. The summed E-state index contributed by atoms with van der Waals surface area (Å²) in [6.07, 6.45) is 2.35. The number of halogens is 1. The van der Waals surface area contributed by atoms with E-state index in [2.05, 4.69) is 20.6 Å². The normalized spacial score (nSPS) is 10.2. The van der Waals surface area contributed by atoms with Gasteiger partial charge >= 0.3 is 0 Å². The van der Waals surface area contributed by atoms with Crippen LogP contribution in [0.4, 0.5) is 16.0 Å². The fraction of sp³-hybridized carbons (Fsp3) is 0.286. The first kappa shape index (κ1) is 13.3. The van der Waals surface area contributed by atoms with Gasteiger partial charge in [0.05, 0.1) is 0 Å². The minimum Gasteiger partial charge on any atom is -0.370 e. The highest BCUT2D eigenvalue weighted by Gasteiger charge is 1.98. The number of benzene rings is 1. The van der Waals surface area contributed by atoms with E-state index in [0.717, 1.165) is 36.7 Å². The molecule has 0 bridgehead atoms. The molecule has 5 heteroatoms. The highest BCUT2D eigenvalue weighted by Crippen LogP contribution is 2.09. The largest absolute Gasteiger partial charge is 0.370 e. The highest BCUT2D eigenvalue weighted by atomic mass is 19.1. The number of rotatable bonds is 6. The van der Waals surface area contributed by atoms with Gasteiger partial charge in [-0.05, 0) is 31.0 Å². The summed E-state index contributed by atoms with van der Waals surface area (Å²) in [4.78, 5) is 8.25. The smallest absolute Gasteiger partial charge is 0.131 e. The van der Waals surface area contributed by atoms with Gasteiger partial charge in [0.2, 0.25) is 0 Å². The summed E-state index contributed by atoms with van der Waals surface area (Å²) in [5.74, 6) is 1.39. The molecule has 0 radical (unpaired) electrons. The van der Waals surface area contributed by atoms with Crippen molar-refractivity contribution in [3.8, 4) is 0 Å². The van der Waals surface area contributed by atoms with Crippen molar-refractivity contribution < 1.29 is 4.39 Å². The quantitative estimate of drug-likeness (QED) is 0.838. The fourth-order valence-corrected chi connectivity index (χ4v) is 1.72. The zero-order chi connectivity index (χ0) is 13.5. The Morgan fingerprint density at radius 1 is 1.05 bits per heavy atom. The Morgan fingerprint density at radius 2 is 1.74 bits per heavy atom. The maximum absolute atomic E-state index is 12.8. The first-order chi connectivity index (χ1) is 9.28. The summed E-state index contributed by atoms with van der Waals surface area (Å²) < 4.78 is 12.8. The Kier molecular flexibility index (Phi) is 4.66. The molecule has 0 aliphatic rings. The van der Waals surface area contributed by atoms with Gasteiger partial charge in [-0.2, -0.15) is 0 Å². The van der Waals surface area contributed by atoms with E-state index in [0.29, 0.717) is 0 Å². The monoisotopic (exact) mass is 260 g/mol. The summed E-state index contributed by atoms with van der Waals surface area (Å²) in [5, 5.41) is 6.35. The van der Waals surface area contributed by atoms with Gasteiger partial charge in [-0.3, -0.25) is 0 Å². The van der Waals surface area contributed by atoms with E-state index in [1.165, 1.54) is 18.5 Å². The Bertz CT molecular complexity index is 513. The molecule has 0 amide bonds. The zero-order valence-corrected chi connectivity index (χ0v) is 10.9. The van der Waals surface area contributed by atoms with Crippen molar-refractivity contribution in [2.75, 3.05) is 23.7 Å². The minimum atomic E-state index is -0.206. The lowest BCUT2D eigenvalue weighted by molar-refractivity contribution is 0.627. The second kappa shape index (κ2) is 6.68. The number of nitrogens with one attached hydrogen (secondary N) is 2. The minimum absolute atomic E-state index is 0.206. The third kappa shape index (κ3) is 4.21. The molecule has 2 aromatic rings. The van der Waals surface area contributed by atoms with E-state index in [9.17, 15) is 4.39 Å². The average molecular weight is 260 g/mol. The van der Waals surface area contributed by atoms with Crippen LogP contribution in [0.5, 0.6) is 0 Å². The van der Waals surface area contributed by atoms with Crippen LogP contribution in [-0.2, 0) is 6.42 Å². The van der Waals surface area contributed by atoms with Gasteiger partial charge in [-0.1, -0.05) is 12.1 Å². The van der Waals surface area contributed by atoms with Gasteiger partial charge < -0.3 is 10.6 Å². The summed E-state index contributed by atoms with van der Waals surface area (Å²) in [7, 11) is 0. The zero-order valence-electron chi connectivity index (χ0n) is 10.9. The Labute approximate surface area is 112 Å². The summed E-state index contributed by atoms with van der Waals surface area (Å²) >= 11 is 0. The topological polar surface area (TPSA) is 49.8 Å².